The smallest absolute Gasteiger partial charge is 0.338 e. The van der Waals surface area contributed by atoms with Gasteiger partial charge in [-0.2, -0.15) is 0 Å². The molecular formula is C20H21FN2O4. The molecule has 2 aromatic carbocycles. The van der Waals surface area contributed by atoms with Crippen molar-refractivity contribution >= 4 is 17.8 Å². The summed E-state index contributed by atoms with van der Waals surface area (Å²) in [6.07, 6.45) is 0. The van der Waals surface area contributed by atoms with E-state index < -0.39 is 24.2 Å². The first kappa shape index (κ1) is 20.1. The highest BCUT2D eigenvalue weighted by atomic mass is 19.1. The quantitative estimate of drug-likeness (QED) is 0.578. The van der Waals surface area contributed by atoms with Gasteiger partial charge in [-0.15, -0.1) is 0 Å². The molecule has 7 heteroatoms. The van der Waals surface area contributed by atoms with E-state index in [9.17, 15) is 18.8 Å². The number of esters is 1. The zero-order valence-corrected chi connectivity index (χ0v) is 15.1. The Morgan fingerprint density at radius 2 is 1.56 bits per heavy atom. The lowest BCUT2D eigenvalue weighted by Gasteiger charge is -2.10. The highest BCUT2D eigenvalue weighted by Crippen LogP contribution is 2.08. The van der Waals surface area contributed by atoms with Crippen LogP contribution < -0.4 is 10.6 Å². The average molecular weight is 372 g/mol. The Balaban J connectivity index is 1.83. The second-order valence-corrected chi connectivity index (χ2v) is 6.18. The lowest BCUT2D eigenvalue weighted by atomic mass is 10.1. The molecule has 0 aromatic heterocycles. The fraction of sp³-hybridized carbons (Fsp3) is 0.250. The number of hydrogen-bond acceptors (Lipinski definition) is 4. The number of Topliss-reactive ketones (excluding diaryl/α,β-unsaturated/α-hetero) is 1. The molecule has 2 amide bonds. The van der Waals surface area contributed by atoms with Gasteiger partial charge in [0.25, 0.3) is 0 Å². The third-order valence-corrected chi connectivity index (χ3v) is 3.56. The first-order valence-electron chi connectivity index (χ1n) is 8.44. The molecule has 0 radical (unpaired) electrons. The van der Waals surface area contributed by atoms with Crippen molar-refractivity contribution in [3.63, 3.8) is 0 Å². The van der Waals surface area contributed by atoms with Crippen LogP contribution in [-0.2, 0) is 11.3 Å². The summed E-state index contributed by atoms with van der Waals surface area (Å²) in [5.74, 6) is -1.50. The third kappa shape index (κ3) is 6.54. The number of hydrogen-bond donors (Lipinski definition) is 2. The second-order valence-electron chi connectivity index (χ2n) is 6.18. The summed E-state index contributed by atoms with van der Waals surface area (Å²) < 4.78 is 17.8. The fourth-order valence-corrected chi connectivity index (χ4v) is 2.19. The van der Waals surface area contributed by atoms with Crippen LogP contribution in [-0.4, -0.2) is 30.4 Å². The fourth-order valence-electron chi connectivity index (χ4n) is 2.19. The summed E-state index contributed by atoms with van der Waals surface area (Å²) in [5.41, 5.74) is 1.37. The zero-order chi connectivity index (χ0) is 19.8. The average Bonchev–Trinajstić information content (AvgIpc) is 2.64. The van der Waals surface area contributed by atoms with E-state index in [0.29, 0.717) is 6.54 Å². The first-order valence-corrected chi connectivity index (χ1v) is 8.44. The summed E-state index contributed by atoms with van der Waals surface area (Å²) in [4.78, 5) is 35.5. The molecule has 2 rings (SSSR count). The van der Waals surface area contributed by atoms with Gasteiger partial charge in [0, 0.05) is 18.2 Å². The van der Waals surface area contributed by atoms with E-state index in [0.717, 1.165) is 5.56 Å². The Morgan fingerprint density at radius 1 is 0.963 bits per heavy atom. The molecule has 0 atom stereocenters. The van der Waals surface area contributed by atoms with Crippen LogP contribution in [0.2, 0.25) is 0 Å². The van der Waals surface area contributed by atoms with E-state index in [1.165, 1.54) is 24.3 Å². The van der Waals surface area contributed by atoms with Gasteiger partial charge < -0.3 is 15.4 Å². The van der Waals surface area contributed by atoms with Crippen LogP contribution in [0.3, 0.4) is 0 Å². The number of carbonyl (C=O) groups excluding carboxylic acids is 3. The number of carbonyl (C=O) groups is 3. The van der Waals surface area contributed by atoms with E-state index in [1.807, 2.05) is 13.8 Å². The van der Waals surface area contributed by atoms with Crippen molar-refractivity contribution in [2.24, 2.45) is 0 Å². The van der Waals surface area contributed by atoms with Crippen LogP contribution in [0, 0.1) is 5.82 Å². The largest absolute Gasteiger partial charge is 0.454 e. The number of rotatable bonds is 7. The van der Waals surface area contributed by atoms with Gasteiger partial charge in [-0.05, 0) is 55.8 Å². The van der Waals surface area contributed by atoms with Gasteiger partial charge in [-0.1, -0.05) is 12.1 Å². The molecule has 6 nitrogen and oxygen atoms in total. The first-order chi connectivity index (χ1) is 12.8. The Kier molecular flexibility index (Phi) is 7.05. The second kappa shape index (κ2) is 9.47. The molecule has 0 spiro atoms. The summed E-state index contributed by atoms with van der Waals surface area (Å²) in [6, 6.07) is 11.3. The Bertz CT molecular complexity index is 802. The summed E-state index contributed by atoms with van der Waals surface area (Å²) in [5, 5.41) is 5.41. The zero-order valence-electron chi connectivity index (χ0n) is 15.1. The minimum atomic E-state index is -0.637. The van der Waals surface area contributed by atoms with Gasteiger partial charge >= 0.3 is 12.0 Å². The van der Waals surface area contributed by atoms with E-state index >= 15 is 0 Å². The van der Waals surface area contributed by atoms with Gasteiger partial charge in [-0.3, -0.25) is 4.79 Å². The van der Waals surface area contributed by atoms with Gasteiger partial charge in [0.05, 0.1) is 5.56 Å². The van der Waals surface area contributed by atoms with Crippen LogP contribution in [0.15, 0.2) is 48.5 Å². The molecule has 0 aliphatic carbocycles. The molecule has 142 valence electrons. The molecule has 27 heavy (non-hydrogen) atoms. The molecule has 0 bridgehead atoms. The standard InChI is InChI=1S/C20H21FN2O4/c1-13(2)23-20(26)22-11-14-3-5-16(6-4-14)19(25)27-12-18(24)15-7-9-17(21)10-8-15/h3-10,13H,11-12H2,1-2H3,(H2,22,23,26). The van der Waals surface area contributed by atoms with Gasteiger partial charge in [0.1, 0.15) is 5.82 Å². The maximum atomic E-state index is 12.8. The Morgan fingerprint density at radius 3 is 2.15 bits per heavy atom. The predicted octanol–water partition coefficient (Wildman–Crippen LogP) is 3.07. The number of ether oxygens (including phenoxy) is 1. The minimum Gasteiger partial charge on any atom is -0.454 e. The normalized spacial score (nSPS) is 10.4. The van der Waals surface area contributed by atoms with Crippen LogP contribution in [0.5, 0.6) is 0 Å². The molecule has 0 fully saturated rings. The lowest BCUT2D eigenvalue weighted by molar-refractivity contribution is 0.0474. The molecule has 0 unspecified atom stereocenters. The highest BCUT2D eigenvalue weighted by molar-refractivity contribution is 5.99. The predicted molar refractivity (Wildman–Crippen MR) is 98.0 cm³/mol. The SMILES string of the molecule is CC(C)NC(=O)NCc1ccc(C(=O)OCC(=O)c2ccc(F)cc2)cc1. The van der Waals surface area contributed by atoms with Crippen molar-refractivity contribution in [1.82, 2.24) is 10.6 Å². The molecule has 0 aliphatic rings. The van der Waals surface area contributed by atoms with Crippen LogP contribution in [0.25, 0.3) is 0 Å². The monoisotopic (exact) mass is 372 g/mol. The summed E-state index contributed by atoms with van der Waals surface area (Å²) >= 11 is 0. The highest BCUT2D eigenvalue weighted by Gasteiger charge is 2.12. The minimum absolute atomic E-state index is 0.0415. The topological polar surface area (TPSA) is 84.5 Å². The maximum Gasteiger partial charge on any atom is 0.338 e. The Labute approximate surface area is 156 Å². The van der Waals surface area contributed by atoms with Crippen molar-refractivity contribution in [2.75, 3.05) is 6.61 Å². The third-order valence-electron chi connectivity index (χ3n) is 3.56. The number of nitrogens with one attached hydrogen (secondary N) is 2. The molecule has 2 N–H and O–H groups in total. The van der Waals surface area contributed by atoms with E-state index in [4.69, 9.17) is 4.74 Å². The van der Waals surface area contributed by atoms with Crippen molar-refractivity contribution in [1.29, 1.82) is 0 Å². The van der Waals surface area contributed by atoms with E-state index in [1.54, 1.807) is 24.3 Å². The van der Waals surface area contributed by atoms with Crippen LogP contribution in [0.1, 0.15) is 40.1 Å². The molecule has 2 aromatic rings. The van der Waals surface area contributed by atoms with Gasteiger partial charge in [-0.25, -0.2) is 14.0 Å². The van der Waals surface area contributed by atoms with Gasteiger partial charge in [0.2, 0.25) is 0 Å². The maximum absolute atomic E-state index is 12.8. The molecular weight excluding hydrogens is 351 g/mol. The van der Waals surface area contributed by atoms with E-state index in [2.05, 4.69) is 10.6 Å². The number of halogens is 1. The van der Waals surface area contributed by atoms with Crippen LogP contribution in [0.4, 0.5) is 9.18 Å². The number of urea groups is 1. The number of ketones is 1. The van der Waals surface area contributed by atoms with Gasteiger partial charge in [0.15, 0.2) is 12.4 Å². The summed E-state index contributed by atoms with van der Waals surface area (Å²) in [7, 11) is 0. The summed E-state index contributed by atoms with van der Waals surface area (Å²) in [6.45, 7) is 3.61. The van der Waals surface area contributed by atoms with Crippen LogP contribution >= 0.6 is 0 Å². The number of amides is 2. The lowest BCUT2D eigenvalue weighted by Crippen LogP contribution is -2.39. The van der Waals surface area contributed by atoms with Crippen molar-refractivity contribution < 1.29 is 23.5 Å². The molecule has 0 heterocycles. The van der Waals surface area contributed by atoms with Crippen molar-refractivity contribution in [3.8, 4) is 0 Å². The molecule has 0 saturated carbocycles. The molecule has 0 aliphatic heterocycles. The van der Waals surface area contributed by atoms with E-state index in [-0.39, 0.29) is 23.2 Å². The van der Waals surface area contributed by atoms with Crippen molar-refractivity contribution in [3.05, 3.63) is 71.0 Å². The van der Waals surface area contributed by atoms with Crippen molar-refractivity contribution in [2.45, 2.75) is 26.4 Å². The molecule has 0 saturated heterocycles. The number of benzene rings is 2. The Hall–Kier alpha value is -3.22.